The number of benzene rings is 1. The lowest BCUT2D eigenvalue weighted by Crippen LogP contribution is -2.30. The lowest BCUT2D eigenvalue weighted by Gasteiger charge is -2.13. The number of nitrogens with two attached hydrogens (primary N) is 1. The van der Waals surface area contributed by atoms with Gasteiger partial charge < -0.3 is 26.1 Å². The van der Waals surface area contributed by atoms with Gasteiger partial charge in [-0.1, -0.05) is 11.2 Å². The summed E-state index contributed by atoms with van der Waals surface area (Å²) in [6.45, 7) is 0.900. The number of amidine groups is 1. The lowest BCUT2D eigenvalue weighted by atomic mass is 10.1. The predicted molar refractivity (Wildman–Crippen MR) is 68.5 cm³/mol. The summed E-state index contributed by atoms with van der Waals surface area (Å²) in [7, 11) is 1.50. The topological polar surface area (TPSA) is 100 Å². The molecule has 7 heteroatoms. The second kappa shape index (κ2) is 7.67. The van der Waals surface area contributed by atoms with E-state index in [9.17, 15) is 9.50 Å². The Bertz CT molecular complexity index is 440. The first-order valence-electron chi connectivity index (χ1n) is 5.72. The smallest absolute Gasteiger partial charge is 0.170 e. The maximum Gasteiger partial charge on any atom is 0.170 e. The number of oxime groups is 1. The summed E-state index contributed by atoms with van der Waals surface area (Å²) in [6.07, 6.45) is -0.627. The molecule has 0 bridgehead atoms. The van der Waals surface area contributed by atoms with Crippen molar-refractivity contribution in [3.63, 3.8) is 0 Å². The number of nitrogens with zero attached hydrogens (tertiary/aromatic N) is 1. The zero-order valence-electron chi connectivity index (χ0n) is 10.6. The summed E-state index contributed by atoms with van der Waals surface area (Å²) < 4.78 is 17.9. The SMILES string of the molecule is COCC(O)CNCc1ccc(F)cc1C(N)=NO. The molecular weight excluding hydrogens is 253 g/mol. The van der Waals surface area contributed by atoms with Crippen LogP contribution in [0.5, 0.6) is 0 Å². The van der Waals surface area contributed by atoms with Crippen LogP contribution in [0.3, 0.4) is 0 Å². The van der Waals surface area contributed by atoms with E-state index in [2.05, 4.69) is 10.5 Å². The first kappa shape index (κ1) is 15.4. The monoisotopic (exact) mass is 271 g/mol. The quantitative estimate of drug-likeness (QED) is 0.242. The number of hydrogen-bond donors (Lipinski definition) is 4. The number of ether oxygens (including phenoxy) is 1. The van der Waals surface area contributed by atoms with Gasteiger partial charge in [-0.15, -0.1) is 0 Å². The summed E-state index contributed by atoms with van der Waals surface area (Å²) in [5.41, 5.74) is 6.46. The summed E-state index contributed by atoms with van der Waals surface area (Å²) in [6, 6.07) is 4.02. The normalized spacial score (nSPS) is 13.5. The van der Waals surface area contributed by atoms with Crippen molar-refractivity contribution in [3.8, 4) is 0 Å². The molecule has 0 aliphatic rings. The van der Waals surface area contributed by atoms with E-state index >= 15 is 0 Å². The van der Waals surface area contributed by atoms with Crippen molar-refractivity contribution in [2.75, 3.05) is 20.3 Å². The van der Waals surface area contributed by atoms with Gasteiger partial charge in [0.25, 0.3) is 0 Å². The number of aliphatic hydroxyl groups is 1. The van der Waals surface area contributed by atoms with Crippen LogP contribution in [-0.4, -0.2) is 42.5 Å². The van der Waals surface area contributed by atoms with Crippen LogP contribution < -0.4 is 11.1 Å². The third-order valence-electron chi connectivity index (χ3n) is 2.51. The van der Waals surface area contributed by atoms with Crippen LogP contribution in [0.25, 0.3) is 0 Å². The summed E-state index contributed by atoms with van der Waals surface area (Å²) in [5, 5.41) is 24.0. The van der Waals surface area contributed by atoms with Gasteiger partial charge in [0, 0.05) is 25.8 Å². The van der Waals surface area contributed by atoms with Gasteiger partial charge in [-0.2, -0.15) is 0 Å². The highest BCUT2D eigenvalue weighted by molar-refractivity contribution is 5.98. The van der Waals surface area contributed by atoms with Gasteiger partial charge in [-0.25, -0.2) is 4.39 Å². The van der Waals surface area contributed by atoms with Gasteiger partial charge >= 0.3 is 0 Å². The van der Waals surface area contributed by atoms with E-state index < -0.39 is 11.9 Å². The Balaban J connectivity index is 2.68. The van der Waals surface area contributed by atoms with E-state index in [0.717, 1.165) is 0 Å². The van der Waals surface area contributed by atoms with Crippen molar-refractivity contribution < 1.29 is 19.4 Å². The zero-order valence-corrected chi connectivity index (χ0v) is 10.6. The third kappa shape index (κ3) is 4.82. The molecule has 1 unspecified atom stereocenters. The van der Waals surface area contributed by atoms with Crippen molar-refractivity contribution in [1.29, 1.82) is 0 Å². The minimum absolute atomic E-state index is 0.159. The van der Waals surface area contributed by atoms with Crippen molar-refractivity contribution >= 4 is 5.84 Å². The van der Waals surface area contributed by atoms with Crippen LogP contribution in [0.1, 0.15) is 11.1 Å². The maximum absolute atomic E-state index is 13.1. The van der Waals surface area contributed by atoms with Gasteiger partial charge in [0.2, 0.25) is 0 Å². The number of rotatable bonds is 7. The van der Waals surface area contributed by atoms with Crippen molar-refractivity contribution in [2.45, 2.75) is 12.6 Å². The molecule has 0 spiro atoms. The predicted octanol–water partition coefficient (Wildman–Crippen LogP) is 0.0171. The summed E-state index contributed by atoms with van der Waals surface area (Å²) >= 11 is 0. The molecule has 1 aromatic rings. The molecule has 0 heterocycles. The van der Waals surface area contributed by atoms with Crippen LogP contribution >= 0.6 is 0 Å². The molecule has 19 heavy (non-hydrogen) atoms. The number of aliphatic hydroxyl groups excluding tert-OH is 1. The average molecular weight is 271 g/mol. The van der Waals surface area contributed by atoms with E-state index in [1.165, 1.54) is 19.2 Å². The molecule has 0 amide bonds. The van der Waals surface area contributed by atoms with Crippen molar-refractivity contribution in [1.82, 2.24) is 5.32 Å². The van der Waals surface area contributed by atoms with E-state index in [1.807, 2.05) is 0 Å². The number of nitrogens with one attached hydrogen (secondary N) is 1. The van der Waals surface area contributed by atoms with Crippen LogP contribution in [0.2, 0.25) is 0 Å². The molecule has 0 aliphatic heterocycles. The zero-order chi connectivity index (χ0) is 14.3. The highest BCUT2D eigenvalue weighted by atomic mass is 19.1. The molecule has 0 saturated carbocycles. The molecule has 0 aromatic heterocycles. The molecule has 1 rings (SSSR count). The fourth-order valence-corrected chi connectivity index (χ4v) is 1.62. The molecule has 0 fully saturated rings. The molecule has 1 aromatic carbocycles. The van der Waals surface area contributed by atoms with Crippen LogP contribution in [0, 0.1) is 5.82 Å². The van der Waals surface area contributed by atoms with Crippen LogP contribution in [0.4, 0.5) is 4.39 Å². The van der Waals surface area contributed by atoms with Gasteiger partial charge in [0.05, 0.1) is 12.7 Å². The fourth-order valence-electron chi connectivity index (χ4n) is 1.62. The maximum atomic E-state index is 13.1. The molecule has 0 aliphatic carbocycles. The summed E-state index contributed by atoms with van der Waals surface area (Å²) in [5.74, 6) is -0.626. The lowest BCUT2D eigenvalue weighted by molar-refractivity contribution is 0.0644. The van der Waals surface area contributed by atoms with Crippen molar-refractivity contribution in [3.05, 3.63) is 35.1 Å². The number of methoxy groups -OCH3 is 1. The highest BCUT2D eigenvalue weighted by Gasteiger charge is 2.09. The minimum atomic E-state index is -0.627. The van der Waals surface area contributed by atoms with Crippen LogP contribution in [0.15, 0.2) is 23.4 Å². The van der Waals surface area contributed by atoms with Gasteiger partial charge in [0.15, 0.2) is 5.84 Å². The molecular formula is C12H18FN3O3. The van der Waals surface area contributed by atoms with E-state index in [1.54, 1.807) is 6.07 Å². The first-order chi connectivity index (χ1) is 9.08. The molecule has 6 nitrogen and oxygen atoms in total. The largest absolute Gasteiger partial charge is 0.409 e. The van der Waals surface area contributed by atoms with Crippen LogP contribution in [-0.2, 0) is 11.3 Å². The Morgan fingerprint density at radius 1 is 1.58 bits per heavy atom. The number of hydrogen-bond acceptors (Lipinski definition) is 5. The second-order valence-corrected chi connectivity index (χ2v) is 4.03. The molecule has 0 radical (unpaired) electrons. The molecule has 5 N–H and O–H groups in total. The Kier molecular flexibility index (Phi) is 6.20. The van der Waals surface area contributed by atoms with Gasteiger partial charge in [0.1, 0.15) is 5.82 Å². The fraction of sp³-hybridized carbons (Fsp3) is 0.417. The average Bonchev–Trinajstić information content (AvgIpc) is 2.39. The summed E-state index contributed by atoms with van der Waals surface area (Å²) in [4.78, 5) is 0. The Labute approximate surface area is 110 Å². The Morgan fingerprint density at radius 2 is 2.32 bits per heavy atom. The Hall–Kier alpha value is -1.70. The van der Waals surface area contributed by atoms with E-state index in [0.29, 0.717) is 24.2 Å². The first-order valence-corrected chi connectivity index (χ1v) is 5.72. The second-order valence-electron chi connectivity index (χ2n) is 4.03. The van der Waals surface area contributed by atoms with Gasteiger partial charge in [-0.3, -0.25) is 0 Å². The third-order valence-corrected chi connectivity index (χ3v) is 2.51. The molecule has 106 valence electrons. The highest BCUT2D eigenvalue weighted by Crippen LogP contribution is 2.11. The molecule has 0 saturated heterocycles. The Morgan fingerprint density at radius 3 is 2.95 bits per heavy atom. The minimum Gasteiger partial charge on any atom is -0.409 e. The van der Waals surface area contributed by atoms with Gasteiger partial charge in [-0.05, 0) is 17.7 Å². The number of halogens is 1. The molecule has 1 atom stereocenters. The van der Waals surface area contributed by atoms with E-state index in [4.69, 9.17) is 15.7 Å². The van der Waals surface area contributed by atoms with E-state index in [-0.39, 0.29) is 12.4 Å². The standard InChI is InChI=1S/C12H18FN3O3/c1-19-7-10(17)6-15-5-8-2-3-9(13)4-11(8)12(14)16-18/h2-4,10,15,17-18H,5-7H2,1H3,(H2,14,16). The van der Waals surface area contributed by atoms with Crippen molar-refractivity contribution in [2.24, 2.45) is 10.9 Å².